The van der Waals surface area contributed by atoms with Crippen LogP contribution in [0.3, 0.4) is 0 Å². The van der Waals surface area contributed by atoms with Crippen molar-refractivity contribution in [2.45, 2.75) is 19.0 Å². The SMILES string of the molecule is C[C@H](c1ccc2[nH]c(=O)n(-c3cncc4ccccc34)c(=O)c2c1)C(F)(F)F. The van der Waals surface area contributed by atoms with Crippen LogP contribution >= 0.6 is 0 Å². The van der Waals surface area contributed by atoms with Gasteiger partial charge in [0.1, 0.15) is 0 Å². The molecule has 0 amide bonds. The van der Waals surface area contributed by atoms with E-state index in [0.717, 1.165) is 16.9 Å². The van der Waals surface area contributed by atoms with Gasteiger partial charge in [0.05, 0.1) is 28.7 Å². The number of nitrogens with one attached hydrogen (secondary N) is 1. The summed E-state index contributed by atoms with van der Waals surface area (Å²) in [6.45, 7) is 1.03. The Morgan fingerprint density at radius 3 is 2.54 bits per heavy atom. The number of nitrogens with zero attached hydrogens (tertiary/aromatic N) is 2. The lowest BCUT2D eigenvalue weighted by molar-refractivity contribution is -0.146. The number of H-pyrrole nitrogens is 1. The van der Waals surface area contributed by atoms with Gasteiger partial charge >= 0.3 is 11.9 Å². The number of alkyl halides is 3. The monoisotopic (exact) mass is 385 g/mol. The standard InChI is InChI=1S/C20H14F3N3O2/c1-11(20(21,22)23)12-6-7-16-15(8-12)18(27)26(19(28)25-16)17-10-24-9-13-4-2-3-5-14(13)17/h2-11H,1H3,(H,25,28)/t11-/m1/s1. The molecule has 0 aliphatic rings. The van der Waals surface area contributed by atoms with Gasteiger partial charge in [0, 0.05) is 17.0 Å². The molecule has 0 bridgehead atoms. The summed E-state index contributed by atoms with van der Waals surface area (Å²) in [6, 6.07) is 10.9. The van der Waals surface area contributed by atoms with Gasteiger partial charge in [-0.1, -0.05) is 30.3 Å². The average Bonchev–Trinajstić information content (AvgIpc) is 2.67. The van der Waals surface area contributed by atoms with Crippen LogP contribution in [0.25, 0.3) is 27.4 Å². The van der Waals surface area contributed by atoms with Crippen molar-refractivity contribution in [2.75, 3.05) is 0 Å². The molecular formula is C20H14F3N3O2. The smallest absolute Gasteiger partial charge is 0.306 e. The predicted molar refractivity (Wildman–Crippen MR) is 99.9 cm³/mol. The number of hydrogen-bond donors (Lipinski definition) is 1. The molecule has 1 atom stereocenters. The molecule has 2 aromatic carbocycles. The molecular weight excluding hydrogens is 371 g/mol. The first-order valence-electron chi connectivity index (χ1n) is 8.46. The summed E-state index contributed by atoms with van der Waals surface area (Å²) in [5, 5.41) is 1.36. The van der Waals surface area contributed by atoms with Crippen LogP contribution in [0.1, 0.15) is 18.4 Å². The van der Waals surface area contributed by atoms with E-state index in [1.54, 1.807) is 30.5 Å². The molecule has 5 nitrogen and oxygen atoms in total. The average molecular weight is 385 g/mol. The Hall–Kier alpha value is -3.42. The van der Waals surface area contributed by atoms with Crippen LogP contribution < -0.4 is 11.2 Å². The Bertz CT molecular complexity index is 1320. The molecule has 0 fully saturated rings. The van der Waals surface area contributed by atoms with E-state index in [2.05, 4.69) is 9.97 Å². The number of hydrogen-bond acceptors (Lipinski definition) is 3. The summed E-state index contributed by atoms with van der Waals surface area (Å²) in [5.41, 5.74) is -0.995. The topological polar surface area (TPSA) is 67.8 Å². The highest BCUT2D eigenvalue weighted by atomic mass is 19.4. The number of halogens is 3. The number of rotatable bonds is 2. The lowest BCUT2D eigenvalue weighted by Crippen LogP contribution is -2.34. The number of aromatic nitrogens is 3. The largest absolute Gasteiger partial charge is 0.395 e. The van der Waals surface area contributed by atoms with Crippen LogP contribution in [0.15, 0.2) is 64.4 Å². The first-order valence-corrected chi connectivity index (χ1v) is 8.46. The van der Waals surface area contributed by atoms with Crippen molar-refractivity contribution in [3.8, 4) is 5.69 Å². The Labute approximate surface area is 156 Å². The zero-order valence-corrected chi connectivity index (χ0v) is 14.6. The molecule has 0 saturated heterocycles. The summed E-state index contributed by atoms with van der Waals surface area (Å²) in [4.78, 5) is 32.3. The van der Waals surface area contributed by atoms with Gasteiger partial charge in [-0.2, -0.15) is 13.2 Å². The fourth-order valence-corrected chi connectivity index (χ4v) is 3.19. The van der Waals surface area contributed by atoms with Gasteiger partial charge in [0.25, 0.3) is 5.56 Å². The molecule has 4 aromatic rings. The normalized spacial score (nSPS) is 13.1. The third-order valence-electron chi connectivity index (χ3n) is 4.80. The summed E-state index contributed by atoms with van der Waals surface area (Å²) in [6.07, 6.45) is -1.45. The number of pyridine rings is 1. The molecule has 142 valence electrons. The van der Waals surface area contributed by atoms with Crippen LogP contribution in [0.5, 0.6) is 0 Å². The van der Waals surface area contributed by atoms with Crippen LogP contribution in [0.2, 0.25) is 0 Å². The predicted octanol–water partition coefficient (Wildman–Crippen LogP) is 3.89. The van der Waals surface area contributed by atoms with Crippen LogP contribution in [-0.4, -0.2) is 20.7 Å². The molecule has 4 rings (SSSR count). The zero-order valence-electron chi connectivity index (χ0n) is 14.6. The van der Waals surface area contributed by atoms with E-state index in [4.69, 9.17) is 0 Å². The molecule has 28 heavy (non-hydrogen) atoms. The highest BCUT2D eigenvalue weighted by molar-refractivity contribution is 5.89. The van der Waals surface area contributed by atoms with Gasteiger partial charge in [-0.15, -0.1) is 0 Å². The second kappa shape index (κ2) is 6.33. The van der Waals surface area contributed by atoms with Crippen molar-refractivity contribution < 1.29 is 13.2 Å². The lowest BCUT2D eigenvalue weighted by Gasteiger charge is -2.16. The van der Waals surface area contributed by atoms with Gasteiger partial charge < -0.3 is 4.98 Å². The minimum absolute atomic E-state index is 0.00105. The van der Waals surface area contributed by atoms with Gasteiger partial charge in [-0.25, -0.2) is 9.36 Å². The maximum atomic E-state index is 13.1. The minimum Gasteiger partial charge on any atom is -0.306 e. The Kier molecular flexibility index (Phi) is 4.06. The van der Waals surface area contributed by atoms with E-state index in [9.17, 15) is 22.8 Å². The molecule has 1 N–H and O–H groups in total. The second-order valence-electron chi connectivity index (χ2n) is 6.52. The van der Waals surface area contributed by atoms with Crippen LogP contribution in [0, 0.1) is 0 Å². The van der Waals surface area contributed by atoms with Crippen molar-refractivity contribution >= 4 is 21.7 Å². The number of benzene rings is 2. The molecule has 2 aromatic heterocycles. The molecule has 0 spiro atoms. The summed E-state index contributed by atoms with van der Waals surface area (Å²) >= 11 is 0. The van der Waals surface area contributed by atoms with Gasteiger partial charge in [0.15, 0.2) is 0 Å². The fourth-order valence-electron chi connectivity index (χ4n) is 3.19. The molecule has 0 saturated carbocycles. The van der Waals surface area contributed by atoms with Crippen molar-refractivity contribution in [2.24, 2.45) is 0 Å². The van der Waals surface area contributed by atoms with Crippen molar-refractivity contribution in [1.29, 1.82) is 0 Å². The van der Waals surface area contributed by atoms with Crippen molar-refractivity contribution in [3.05, 3.63) is 81.3 Å². The fraction of sp³-hybridized carbons (Fsp3) is 0.150. The van der Waals surface area contributed by atoms with E-state index in [0.29, 0.717) is 5.39 Å². The van der Waals surface area contributed by atoms with Crippen LogP contribution in [-0.2, 0) is 0 Å². The maximum Gasteiger partial charge on any atom is 0.395 e. The van der Waals surface area contributed by atoms with Crippen molar-refractivity contribution in [3.63, 3.8) is 0 Å². The van der Waals surface area contributed by atoms with Gasteiger partial charge in [0.2, 0.25) is 0 Å². The van der Waals surface area contributed by atoms with E-state index in [1.165, 1.54) is 24.4 Å². The van der Waals surface area contributed by atoms with Crippen molar-refractivity contribution in [1.82, 2.24) is 14.5 Å². The quantitative estimate of drug-likeness (QED) is 0.569. The highest BCUT2D eigenvalue weighted by Gasteiger charge is 2.37. The van der Waals surface area contributed by atoms with E-state index in [-0.39, 0.29) is 22.2 Å². The molecule has 0 aliphatic carbocycles. The number of fused-ring (bicyclic) bond motifs is 2. The Balaban J connectivity index is 2.02. The summed E-state index contributed by atoms with van der Waals surface area (Å²) in [5.74, 6) is -1.74. The Morgan fingerprint density at radius 1 is 1.04 bits per heavy atom. The molecule has 0 aliphatic heterocycles. The van der Waals surface area contributed by atoms with E-state index in [1.807, 2.05) is 0 Å². The number of aromatic amines is 1. The maximum absolute atomic E-state index is 13.1. The molecule has 8 heteroatoms. The van der Waals surface area contributed by atoms with Crippen LogP contribution in [0.4, 0.5) is 13.2 Å². The summed E-state index contributed by atoms with van der Waals surface area (Å²) in [7, 11) is 0. The third-order valence-corrected chi connectivity index (χ3v) is 4.80. The van der Waals surface area contributed by atoms with E-state index >= 15 is 0 Å². The zero-order chi connectivity index (χ0) is 20.1. The first-order chi connectivity index (χ1) is 13.3. The van der Waals surface area contributed by atoms with Gasteiger partial charge in [-0.05, 0) is 24.6 Å². The minimum atomic E-state index is -4.44. The molecule has 2 heterocycles. The summed E-state index contributed by atoms with van der Waals surface area (Å²) < 4.78 is 40.1. The van der Waals surface area contributed by atoms with Gasteiger partial charge in [-0.3, -0.25) is 9.78 Å². The molecule has 0 unspecified atom stereocenters. The first kappa shape index (κ1) is 18.0. The molecule has 0 radical (unpaired) electrons. The third kappa shape index (κ3) is 2.87. The van der Waals surface area contributed by atoms with E-state index < -0.39 is 23.3 Å². The lowest BCUT2D eigenvalue weighted by atomic mass is 9.99. The second-order valence-corrected chi connectivity index (χ2v) is 6.52. The Morgan fingerprint density at radius 2 is 1.79 bits per heavy atom. The highest BCUT2D eigenvalue weighted by Crippen LogP contribution is 2.34.